The third kappa shape index (κ3) is 4.59. The molecule has 2 fully saturated rings. The average Bonchev–Trinajstić information content (AvgIpc) is 2.68. The molecular weight excluding hydrogens is 338 g/mol. The number of rotatable bonds is 5. The first-order valence-electron chi connectivity index (χ1n) is 9.15. The summed E-state index contributed by atoms with van der Waals surface area (Å²) in [6.07, 6.45) is 4.91. The zero-order valence-corrected chi connectivity index (χ0v) is 15.4. The molecule has 2 heterocycles. The number of carbonyl (C=O) groups is 1. The van der Waals surface area contributed by atoms with Crippen molar-refractivity contribution in [2.75, 3.05) is 26.2 Å². The van der Waals surface area contributed by atoms with E-state index >= 15 is 0 Å². The van der Waals surface area contributed by atoms with Crippen LogP contribution in [0.5, 0.6) is 0 Å². The summed E-state index contributed by atoms with van der Waals surface area (Å²) < 4.78 is 26.8. The smallest absolute Gasteiger partial charge is 0.243 e. The predicted octanol–water partition coefficient (Wildman–Crippen LogP) is 1.48. The summed E-state index contributed by atoms with van der Waals surface area (Å²) in [4.78, 5) is 12.5. The highest BCUT2D eigenvalue weighted by Crippen LogP contribution is 2.21. The number of benzene rings is 1. The topological polar surface area (TPSA) is 78.5 Å². The van der Waals surface area contributed by atoms with E-state index < -0.39 is 10.0 Å². The standard InChI is InChI=1S/C18H27N3O3S/c22-18(16-5-4-10-19-14-16)20-13-15-6-8-17(9-7-15)25(23,24)21-11-2-1-3-12-21/h6-9,16,19H,1-5,10-14H2,(H,20,22). The second-order valence-corrected chi connectivity index (χ2v) is 8.81. The van der Waals surface area contributed by atoms with Gasteiger partial charge in [0.1, 0.15) is 0 Å². The zero-order chi connectivity index (χ0) is 17.7. The van der Waals surface area contributed by atoms with Crippen molar-refractivity contribution in [1.29, 1.82) is 0 Å². The maximum Gasteiger partial charge on any atom is 0.243 e. The fourth-order valence-electron chi connectivity index (χ4n) is 3.44. The molecule has 6 nitrogen and oxygen atoms in total. The lowest BCUT2D eigenvalue weighted by Crippen LogP contribution is -2.40. The van der Waals surface area contributed by atoms with Crippen LogP contribution in [0.1, 0.15) is 37.7 Å². The molecule has 2 saturated heterocycles. The third-order valence-corrected chi connectivity index (χ3v) is 6.92. The minimum Gasteiger partial charge on any atom is -0.352 e. The van der Waals surface area contributed by atoms with Gasteiger partial charge in [0.2, 0.25) is 15.9 Å². The van der Waals surface area contributed by atoms with Gasteiger partial charge in [0, 0.05) is 26.2 Å². The lowest BCUT2D eigenvalue weighted by atomic mass is 9.99. The van der Waals surface area contributed by atoms with Crippen LogP contribution >= 0.6 is 0 Å². The molecule has 1 aromatic carbocycles. The molecule has 0 bridgehead atoms. The van der Waals surface area contributed by atoms with E-state index in [4.69, 9.17) is 0 Å². The molecule has 3 rings (SSSR count). The van der Waals surface area contributed by atoms with Gasteiger partial charge in [-0.15, -0.1) is 0 Å². The first-order chi connectivity index (χ1) is 12.1. The Balaban J connectivity index is 1.57. The summed E-state index contributed by atoms with van der Waals surface area (Å²) in [5.74, 6) is 0.102. The van der Waals surface area contributed by atoms with Crippen LogP contribution in [0.25, 0.3) is 0 Å². The monoisotopic (exact) mass is 365 g/mol. The van der Waals surface area contributed by atoms with E-state index in [1.165, 1.54) is 0 Å². The van der Waals surface area contributed by atoms with Crippen LogP contribution in [-0.4, -0.2) is 44.8 Å². The number of sulfonamides is 1. The lowest BCUT2D eigenvalue weighted by molar-refractivity contribution is -0.125. The maximum atomic E-state index is 12.6. The number of hydrogen-bond acceptors (Lipinski definition) is 4. The molecule has 0 aliphatic carbocycles. The molecule has 138 valence electrons. The van der Waals surface area contributed by atoms with Crippen molar-refractivity contribution in [3.8, 4) is 0 Å². The molecular formula is C18H27N3O3S. The highest BCUT2D eigenvalue weighted by Gasteiger charge is 2.25. The Labute approximate surface area is 150 Å². The number of nitrogens with one attached hydrogen (secondary N) is 2. The number of piperidine rings is 2. The van der Waals surface area contributed by atoms with E-state index in [0.717, 1.165) is 50.8 Å². The van der Waals surface area contributed by atoms with Crippen molar-refractivity contribution in [3.63, 3.8) is 0 Å². The summed E-state index contributed by atoms with van der Waals surface area (Å²) in [6.45, 7) is 3.36. The Morgan fingerprint density at radius 1 is 1.12 bits per heavy atom. The SMILES string of the molecule is O=C(NCc1ccc(S(=O)(=O)N2CCCCC2)cc1)C1CCCNC1. The van der Waals surface area contributed by atoms with E-state index in [1.807, 2.05) is 0 Å². The van der Waals surface area contributed by atoms with Crippen molar-refractivity contribution in [2.24, 2.45) is 5.92 Å². The molecule has 2 aliphatic rings. The van der Waals surface area contributed by atoms with Gasteiger partial charge in [-0.2, -0.15) is 4.31 Å². The summed E-state index contributed by atoms with van der Waals surface area (Å²) in [5, 5.41) is 6.19. The van der Waals surface area contributed by atoms with E-state index in [-0.39, 0.29) is 11.8 Å². The third-order valence-electron chi connectivity index (χ3n) is 5.01. The lowest BCUT2D eigenvalue weighted by Gasteiger charge is -2.26. The molecule has 1 unspecified atom stereocenters. The van der Waals surface area contributed by atoms with Gasteiger partial charge in [-0.3, -0.25) is 4.79 Å². The Morgan fingerprint density at radius 2 is 1.84 bits per heavy atom. The van der Waals surface area contributed by atoms with Crippen LogP contribution < -0.4 is 10.6 Å². The second kappa shape index (κ2) is 8.29. The van der Waals surface area contributed by atoms with Crippen molar-refractivity contribution in [3.05, 3.63) is 29.8 Å². The van der Waals surface area contributed by atoms with Crippen LogP contribution in [0.4, 0.5) is 0 Å². The highest BCUT2D eigenvalue weighted by atomic mass is 32.2. The average molecular weight is 365 g/mol. The van der Waals surface area contributed by atoms with Crippen molar-refractivity contribution in [2.45, 2.75) is 43.5 Å². The molecule has 7 heteroatoms. The van der Waals surface area contributed by atoms with Gasteiger partial charge in [0.15, 0.2) is 0 Å². The normalized spacial score (nSPS) is 22.5. The van der Waals surface area contributed by atoms with Crippen LogP contribution in [0.3, 0.4) is 0 Å². The van der Waals surface area contributed by atoms with Gasteiger partial charge in [-0.05, 0) is 49.9 Å². The van der Waals surface area contributed by atoms with E-state index in [9.17, 15) is 13.2 Å². The van der Waals surface area contributed by atoms with E-state index in [1.54, 1.807) is 28.6 Å². The van der Waals surface area contributed by atoms with Gasteiger partial charge in [-0.25, -0.2) is 8.42 Å². The van der Waals surface area contributed by atoms with Gasteiger partial charge in [0.05, 0.1) is 10.8 Å². The Morgan fingerprint density at radius 3 is 2.48 bits per heavy atom. The minimum absolute atomic E-state index is 0.0347. The van der Waals surface area contributed by atoms with Gasteiger partial charge in [-0.1, -0.05) is 18.6 Å². The van der Waals surface area contributed by atoms with E-state index in [2.05, 4.69) is 10.6 Å². The largest absolute Gasteiger partial charge is 0.352 e. The van der Waals surface area contributed by atoms with Crippen LogP contribution in [0.15, 0.2) is 29.2 Å². The number of nitrogens with zero attached hydrogens (tertiary/aromatic N) is 1. The van der Waals surface area contributed by atoms with Gasteiger partial charge >= 0.3 is 0 Å². The Kier molecular flexibility index (Phi) is 6.09. The highest BCUT2D eigenvalue weighted by molar-refractivity contribution is 7.89. The quantitative estimate of drug-likeness (QED) is 0.828. The molecule has 0 spiro atoms. The number of amides is 1. The van der Waals surface area contributed by atoms with E-state index in [0.29, 0.717) is 24.5 Å². The minimum atomic E-state index is -3.39. The second-order valence-electron chi connectivity index (χ2n) is 6.87. The van der Waals surface area contributed by atoms with Crippen molar-refractivity contribution < 1.29 is 13.2 Å². The van der Waals surface area contributed by atoms with Crippen molar-refractivity contribution in [1.82, 2.24) is 14.9 Å². The summed E-state index contributed by atoms with van der Waals surface area (Å²) in [7, 11) is -3.39. The zero-order valence-electron chi connectivity index (χ0n) is 14.5. The molecule has 0 aromatic heterocycles. The summed E-state index contributed by atoms with van der Waals surface area (Å²) in [5.41, 5.74) is 0.912. The molecule has 1 amide bonds. The van der Waals surface area contributed by atoms with Gasteiger partial charge < -0.3 is 10.6 Å². The van der Waals surface area contributed by atoms with Crippen molar-refractivity contribution >= 4 is 15.9 Å². The number of carbonyl (C=O) groups excluding carboxylic acids is 1. The van der Waals surface area contributed by atoms with Crippen LogP contribution in [0.2, 0.25) is 0 Å². The fourth-order valence-corrected chi connectivity index (χ4v) is 4.96. The fraction of sp³-hybridized carbons (Fsp3) is 0.611. The Hall–Kier alpha value is -1.44. The van der Waals surface area contributed by atoms with Crippen LogP contribution in [-0.2, 0) is 21.4 Å². The molecule has 2 aliphatic heterocycles. The Bertz CT molecular complexity index is 676. The number of hydrogen-bond donors (Lipinski definition) is 2. The predicted molar refractivity (Wildman–Crippen MR) is 96.5 cm³/mol. The maximum absolute atomic E-state index is 12.6. The molecule has 0 radical (unpaired) electrons. The molecule has 1 atom stereocenters. The van der Waals surface area contributed by atoms with Crippen LogP contribution in [0, 0.1) is 5.92 Å². The molecule has 2 N–H and O–H groups in total. The molecule has 0 saturated carbocycles. The molecule has 25 heavy (non-hydrogen) atoms. The summed E-state index contributed by atoms with van der Waals surface area (Å²) in [6, 6.07) is 6.87. The van der Waals surface area contributed by atoms with Gasteiger partial charge in [0.25, 0.3) is 0 Å². The first-order valence-corrected chi connectivity index (χ1v) is 10.6. The summed E-state index contributed by atoms with van der Waals surface area (Å²) >= 11 is 0. The molecule has 1 aromatic rings. The first kappa shape index (κ1) is 18.4.